The van der Waals surface area contributed by atoms with Crippen LogP contribution in [0.3, 0.4) is 0 Å². The molecule has 68 valence electrons. The van der Waals surface area contributed by atoms with Gasteiger partial charge < -0.3 is 9.84 Å². The Labute approximate surface area is 76.0 Å². The third-order valence-corrected chi connectivity index (χ3v) is 2.55. The number of aliphatic hydroxyl groups excluding tert-OH is 1. The third kappa shape index (κ3) is 2.55. The van der Waals surface area contributed by atoms with Crippen molar-refractivity contribution in [2.45, 2.75) is 26.6 Å². The van der Waals surface area contributed by atoms with Crippen LogP contribution in [0.2, 0.25) is 0 Å². The molecule has 0 aliphatic rings. The average molecular weight is 187 g/mol. The van der Waals surface area contributed by atoms with E-state index in [4.69, 9.17) is 4.74 Å². The molecule has 3 nitrogen and oxygen atoms in total. The van der Waals surface area contributed by atoms with Gasteiger partial charge in [-0.05, 0) is 13.8 Å². The van der Waals surface area contributed by atoms with Gasteiger partial charge in [-0.25, -0.2) is 4.98 Å². The molecular formula is C8H13NO2S. The van der Waals surface area contributed by atoms with Crippen LogP contribution in [0.25, 0.3) is 0 Å². The summed E-state index contributed by atoms with van der Waals surface area (Å²) in [5, 5.41) is 10.1. The molecule has 0 radical (unpaired) electrons. The number of aliphatic hydroxyl groups is 1. The van der Waals surface area contributed by atoms with Gasteiger partial charge in [-0.1, -0.05) is 0 Å². The summed E-state index contributed by atoms with van der Waals surface area (Å²) in [6.07, 6.45) is 1.28. The van der Waals surface area contributed by atoms with E-state index in [1.807, 2.05) is 6.92 Å². The first-order chi connectivity index (χ1) is 5.74. The van der Waals surface area contributed by atoms with Gasteiger partial charge in [0.2, 0.25) is 0 Å². The Morgan fingerprint density at radius 3 is 3.00 bits per heavy atom. The van der Waals surface area contributed by atoms with Crippen LogP contribution in [-0.2, 0) is 11.3 Å². The zero-order valence-electron chi connectivity index (χ0n) is 7.28. The molecule has 4 heteroatoms. The number of ether oxygens (including phenoxy) is 1. The molecule has 0 aliphatic carbocycles. The number of aromatic nitrogens is 1. The Morgan fingerprint density at radius 1 is 1.75 bits per heavy atom. The topological polar surface area (TPSA) is 42.4 Å². The summed E-state index contributed by atoms with van der Waals surface area (Å²) in [5.74, 6) is 0. The molecule has 0 saturated heterocycles. The molecule has 12 heavy (non-hydrogen) atoms. The molecule has 0 saturated carbocycles. The minimum Gasteiger partial charge on any atom is -0.388 e. The highest BCUT2D eigenvalue weighted by atomic mass is 32.1. The summed E-state index contributed by atoms with van der Waals surface area (Å²) < 4.78 is 5.18. The van der Waals surface area contributed by atoms with E-state index in [0.717, 1.165) is 9.88 Å². The number of hydrogen-bond donors (Lipinski definition) is 1. The van der Waals surface area contributed by atoms with Crippen LogP contribution in [0.5, 0.6) is 0 Å². The van der Waals surface area contributed by atoms with Gasteiger partial charge in [0.25, 0.3) is 0 Å². The summed E-state index contributed by atoms with van der Waals surface area (Å²) in [6, 6.07) is 0. The van der Waals surface area contributed by atoms with Crippen LogP contribution in [0, 0.1) is 0 Å². The number of rotatable bonds is 4. The Morgan fingerprint density at radius 2 is 2.50 bits per heavy atom. The van der Waals surface area contributed by atoms with Crippen LogP contribution < -0.4 is 0 Å². The van der Waals surface area contributed by atoms with Crippen LogP contribution in [0.4, 0.5) is 0 Å². The van der Waals surface area contributed by atoms with Crippen molar-refractivity contribution in [3.63, 3.8) is 0 Å². The minimum absolute atomic E-state index is 0.419. The molecule has 1 rings (SSSR count). The lowest BCUT2D eigenvalue weighted by Crippen LogP contribution is -1.89. The van der Waals surface area contributed by atoms with Crippen molar-refractivity contribution in [1.29, 1.82) is 0 Å². The molecule has 0 aliphatic heterocycles. The zero-order valence-corrected chi connectivity index (χ0v) is 8.10. The quantitative estimate of drug-likeness (QED) is 0.780. The van der Waals surface area contributed by atoms with E-state index in [1.54, 1.807) is 13.1 Å². The molecule has 1 aromatic heterocycles. The fourth-order valence-corrected chi connectivity index (χ4v) is 1.57. The Hall–Kier alpha value is -0.450. The van der Waals surface area contributed by atoms with Crippen LogP contribution in [0.15, 0.2) is 6.20 Å². The second kappa shape index (κ2) is 4.54. The van der Waals surface area contributed by atoms with Gasteiger partial charge in [0.1, 0.15) is 5.01 Å². The van der Waals surface area contributed by atoms with Crippen molar-refractivity contribution < 1.29 is 9.84 Å². The Balaban J connectivity index is 2.52. The molecule has 1 N–H and O–H groups in total. The highest BCUT2D eigenvalue weighted by molar-refractivity contribution is 7.11. The molecule has 0 amide bonds. The van der Waals surface area contributed by atoms with Gasteiger partial charge in [-0.3, -0.25) is 0 Å². The van der Waals surface area contributed by atoms with E-state index in [0.29, 0.717) is 13.2 Å². The highest BCUT2D eigenvalue weighted by Crippen LogP contribution is 2.20. The predicted octanol–water partition coefficient (Wildman–Crippen LogP) is 1.73. The van der Waals surface area contributed by atoms with Crippen molar-refractivity contribution >= 4 is 11.3 Å². The van der Waals surface area contributed by atoms with E-state index in [1.165, 1.54) is 11.3 Å². The number of hydrogen-bond acceptors (Lipinski definition) is 4. The lowest BCUT2D eigenvalue weighted by molar-refractivity contribution is 0.134. The van der Waals surface area contributed by atoms with Gasteiger partial charge >= 0.3 is 0 Å². The largest absolute Gasteiger partial charge is 0.388 e. The van der Waals surface area contributed by atoms with Gasteiger partial charge in [-0.2, -0.15) is 0 Å². The van der Waals surface area contributed by atoms with Crippen molar-refractivity contribution in [2.75, 3.05) is 6.61 Å². The van der Waals surface area contributed by atoms with E-state index < -0.39 is 6.10 Å². The second-order valence-corrected chi connectivity index (χ2v) is 3.62. The molecule has 0 bridgehead atoms. The molecule has 1 aromatic rings. The average Bonchev–Trinajstić information content (AvgIpc) is 2.48. The van der Waals surface area contributed by atoms with Crippen molar-refractivity contribution in [2.24, 2.45) is 0 Å². The van der Waals surface area contributed by atoms with Crippen molar-refractivity contribution in [3.05, 3.63) is 16.1 Å². The van der Waals surface area contributed by atoms with Gasteiger partial charge in [0, 0.05) is 12.8 Å². The third-order valence-electron chi connectivity index (χ3n) is 1.41. The van der Waals surface area contributed by atoms with Crippen LogP contribution in [-0.4, -0.2) is 16.7 Å². The predicted molar refractivity (Wildman–Crippen MR) is 48.1 cm³/mol. The fourth-order valence-electron chi connectivity index (χ4n) is 0.774. The Bertz CT molecular complexity index is 235. The lowest BCUT2D eigenvalue weighted by atomic mass is 10.4. The van der Waals surface area contributed by atoms with Crippen molar-refractivity contribution in [1.82, 2.24) is 4.98 Å². The number of nitrogens with zero attached hydrogens (tertiary/aromatic N) is 1. The second-order valence-electron chi connectivity index (χ2n) is 2.47. The molecular weight excluding hydrogens is 174 g/mol. The van der Waals surface area contributed by atoms with Crippen LogP contribution in [0.1, 0.15) is 29.8 Å². The maximum Gasteiger partial charge on any atom is 0.119 e. The van der Waals surface area contributed by atoms with Crippen molar-refractivity contribution in [3.8, 4) is 0 Å². The van der Waals surface area contributed by atoms with E-state index in [-0.39, 0.29) is 0 Å². The summed E-state index contributed by atoms with van der Waals surface area (Å²) in [6.45, 7) is 4.93. The molecule has 0 fully saturated rings. The van der Waals surface area contributed by atoms with Gasteiger partial charge in [0.15, 0.2) is 0 Å². The summed E-state index contributed by atoms with van der Waals surface area (Å²) in [4.78, 5) is 5.00. The first-order valence-electron chi connectivity index (χ1n) is 3.94. The molecule has 0 aromatic carbocycles. The monoisotopic (exact) mass is 187 g/mol. The Kier molecular flexibility index (Phi) is 3.65. The van der Waals surface area contributed by atoms with Crippen LogP contribution >= 0.6 is 11.3 Å². The van der Waals surface area contributed by atoms with E-state index in [9.17, 15) is 5.11 Å². The summed E-state index contributed by atoms with van der Waals surface area (Å²) in [7, 11) is 0. The SMILES string of the molecule is CCOCc1ncc(C(C)O)s1. The standard InChI is InChI=1S/C8H13NO2S/c1-3-11-5-8-9-4-7(12-8)6(2)10/h4,6,10H,3,5H2,1-2H3. The highest BCUT2D eigenvalue weighted by Gasteiger charge is 2.05. The fraction of sp³-hybridized carbons (Fsp3) is 0.625. The first kappa shape index (κ1) is 9.64. The minimum atomic E-state index is -0.419. The summed E-state index contributed by atoms with van der Waals surface area (Å²) in [5.41, 5.74) is 0. The van der Waals surface area contributed by atoms with E-state index >= 15 is 0 Å². The molecule has 1 atom stereocenters. The van der Waals surface area contributed by atoms with Gasteiger partial charge in [-0.15, -0.1) is 11.3 Å². The normalized spacial score (nSPS) is 13.2. The van der Waals surface area contributed by atoms with Gasteiger partial charge in [0.05, 0.1) is 17.6 Å². The molecule has 1 unspecified atom stereocenters. The maximum atomic E-state index is 9.19. The smallest absolute Gasteiger partial charge is 0.119 e. The first-order valence-corrected chi connectivity index (χ1v) is 4.76. The lowest BCUT2D eigenvalue weighted by Gasteiger charge is -1.96. The maximum absolute atomic E-state index is 9.19. The molecule has 0 spiro atoms. The summed E-state index contributed by atoms with van der Waals surface area (Å²) >= 11 is 1.49. The molecule has 1 heterocycles. The zero-order chi connectivity index (χ0) is 8.97. The van der Waals surface area contributed by atoms with E-state index in [2.05, 4.69) is 4.98 Å². The number of thiazole rings is 1.